The van der Waals surface area contributed by atoms with Gasteiger partial charge >= 0.3 is 6.01 Å². The van der Waals surface area contributed by atoms with Crippen molar-refractivity contribution in [3.8, 4) is 17.1 Å². The summed E-state index contributed by atoms with van der Waals surface area (Å²) in [6.07, 6.45) is 7.53. The van der Waals surface area contributed by atoms with E-state index in [2.05, 4.69) is 20.1 Å². The number of aromatic nitrogens is 5. The smallest absolute Gasteiger partial charge is 0.319 e. The lowest BCUT2D eigenvalue weighted by Crippen LogP contribution is -2.51. The van der Waals surface area contributed by atoms with Gasteiger partial charge < -0.3 is 20.7 Å². The third kappa shape index (κ3) is 4.01. The summed E-state index contributed by atoms with van der Waals surface area (Å²) in [5.74, 6) is 0.440. The van der Waals surface area contributed by atoms with E-state index in [1.165, 1.54) is 6.07 Å². The average molecular weight is 604 g/mol. The first-order valence-corrected chi connectivity index (χ1v) is 15.8. The Bertz CT molecular complexity index is 1900. The largest absolute Gasteiger partial charge is 0.461 e. The molecule has 4 saturated heterocycles. The standard InChI is InChI=1S/C30H31F2N9OS/c31-16-11-30(6-1-8-40(30)12-16)15-42-29-36-22-10-20(19-4-5-21(32)25-23(19)37-28(33)43-25)26-34-7-9-41(26)24(22)27(38-29)39-13-17-2-3-18(14-39)35-17/h4-5,7,9-10,16-18,35H,1-3,6,8,11-15H2,(H2,33,37)/t16-,17-,18+,30+/m1/s1. The zero-order chi connectivity index (χ0) is 28.9. The van der Waals surface area contributed by atoms with Crippen molar-refractivity contribution >= 4 is 49.2 Å². The predicted octanol–water partition coefficient (Wildman–Crippen LogP) is 4.17. The van der Waals surface area contributed by atoms with E-state index < -0.39 is 6.17 Å². The highest BCUT2D eigenvalue weighted by atomic mass is 32.1. The van der Waals surface area contributed by atoms with E-state index in [1.54, 1.807) is 12.3 Å². The Balaban J connectivity index is 1.22. The molecule has 9 rings (SSSR count). The average Bonchev–Trinajstić information content (AvgIpc) is 3.81. The Morgan fingerprint density at radius 3 is 2.84 bits per heavy atom. The fourth-order valence-corrected chi connectivity index (χ4v) is 8.73. The molecule has 2 bridgehead atoms. The Morgan fingerprint density at radius 2 is 1.98 bits per heavy atom. The molecule has 0 radical (unpaired) electrons. The molecule has 0 spiro atoms. The van der Waals surface area contributed by atoms with Crippen LogP contribution in [0.25, 0.3) is 38.0 Å². The molecule has 1 aromatic carbocycles. The second kappa shape index (κ2) is 9.41. The van der Waals surface area contributed by atoms with Crippen LogP contribution in [-0.2, 0) is 0 Å². The Morgan fingerprint density at radius 1 is 1.12 bits per heavy atom. The van der Waals surface area contributed by atoms with Crippen LogP contribution < -0.4 is 20.7 Å². The van der Waals surface area contributed by atoms with E-state index in [9.17, 15) is 8.78 Å². The van der Waals surface area contributed by atoms with Crippen molar-refractivity contribution in [1.29, 1.82) is 0 Å². The van der Waals surface area contributed by atoms with Gasteiger partial charge in [0.05, 0.1) is 21.3 Å². The van der Waals surface area contributed by atoms with E-state index in [-0.39, 0.29) is 17.4 Å². The zero-order valence-corrected chi connectivity index (χ0v) is 24.3. The molecule has 0 amide bonds. The summed E-state index contributed by atoms with van der Waals surface area (Å²) in [5, 5.41) is 4.01. The maximum Gasteiger partial charge on any atom is 0.319 e. The minimum absolute atomic E-state index is 0.282. The first kappa shape index (κ1) is 25.8. The molecule has 0 unspecified atom stereocenters. The van der Waals surface area contributed by atoms with Crippen LogP contribution in [-0.4, -0.2) is 85.8 Å². The minimum Gasteiger partial charge on any atom is -0.461 e. The number of benzene rings is 1. The van der Waals surface area contributed by atoms with Gasteiger partial charge in [0.1, 0.15) is 29.8 Å². The number of nitrogens with two attached hydrogens (primary N) is 1. The molecule has 8 heterocycles. The number of rotatable bonds is 5. The molecular formula is C30H31F2N9OS. The molecule has 4 aliphatic heterocycles. The van der Waals surface area contributed by atoms with Gasteiger partial charge in [0.2, 0.25) is 0 Å². The third-order valence-electron chi connectivity index (χ3n) is 9.82. The molecule has 3 N–H and O–H groups in total. The summed E-state index contributed by atoms with van der Waals surface area (Å²) in [6, 6.07) is 6.23. The Hall–Kier alpha value is -3.68. The van der Waals surface area contributed by atoms with E-state index in [4.69, 9.17) is 25.4 Å². The number of piperazine rings is 1. The van der Waals surface area contributed by atoms with Crippen LogP contribution in [0.4, 0.5) is 19.7 Å². The molecule has 4 aliphatic rings. The highest BCUT2D eigenvalue weighted by Gasteiger charge is 2.49. The number of thiazole rings is 1. The van der Waals surface area contributed by atoms with Gasteiger partial charge in [-0.1, -0.05) is 11.3 Å². The van der Waals surface area contributed by atoms with Crippen molar-refractivity contribution in [3.63, 3.8) is 0 Å². The van der Waals surface area contributed by atoms with Crippen molar-refractivity contribution in [3.05, 3.63) is 36.4 Å². The second-order valence-electron chi connectivity index (χ2n) is 12.5. The van der Waals surface area contributed by atoms with Crippen LogP contribution >= 0.6 is 11.3 Å². The van der Waals surface area contributed by atoms with Crippen LogP contribution in [0.1, 0.15) is 32.1 Å². The number of hydrogen-bond acceptors (Lipinski definition) is 10. The lowest BCUT2D eigenvalue weighted by atomic mass is 9.95. The van der Waals surface area contributed by atoms with Crippen LogP contribution in [0.3, 0.4) is 0 Å². The number of nitrogens with zero attached hydrogens (tertiary/aromatic N) is 7. The number of nitrogen functional groups attached to an aromatic ring is 1. The van der Waals surface area contributed by atoms with Gasteiger partial charge in [-0.15, -0.1) is 0 Å². The van der Waals surface area contributed by atoms with Crippen molar-refractivity contribution < 1.29 is 13.5 Å². The van der Waals surface area contributed by atoms with Gasteiger partial charge in [-0.25, -0.2) is 18.7 Å². The molecule has 5 aromatic rings. The van der Waals surface area contributed by atoms with Crippen LogP contribution in [0, 0.1) is 5.82 Å². The number of halogens is 2. The van der Waals surface area contributed by atoms with Gasteiger partial charge in [-0.05, 0) is 50.4 Å². The molecule has 4 aromatic heterocycles. The van der Waals surface area contributed by atoms with Gasteiger partial charge in [0, 0.05) is 61.7 Å². The maximum atomic E-state index is 14.7. The molecule has 222 valence electrons. The van der Waals surface area contributed by atoms with Crippen molar-refractivity contribution in [2.45, 2.75) is 55.9 Å². The molecule has 43 heavy (non-hydrogen) atoms. The molecule has 13 heteroatoms. The fraction of sp³-hybridized carbons (Fsp3) is 0.467. The second-order valence-corrected chi connectivity index (χ2v) is 13.5. The molecular weight excluding hydrogens is 572 g/mol. The number of imidazole rings is 1. The van der Waals surface area contributed by atoms with Crippen LogP contribution in [0.5, 0.6) is 6.01 Å². The highest BCUT2D eigenvalue weighted by molar-refractivity contribution is 7.22. The SMILES string of the molecule is Nc1nc2c(-c3cc4nc(OC[C@@]56CCCN5C[C@H](F)C6)nc(N5C[C@H]6CC[C@@H](C5)N6)c4n4ccnc34)ccc(F)c2s1. The van der Waals surface area contributed by atoms with E-state index in [0.29, 0.717) is 58.2 Å². The lowest BCUT2D eigenvalue weighted by molar-refractivity contribution is 0.107. The number of nitrogens with one attached hydrogen (secondary N) is 1. The van der Waals surface area contributed by atoms with E-state index >= 15 is 0 Å². The van der Waals surface area contributed by atoms with Crippen LogP contribution in [0.2, 0.25) is 0 Å². The predicted molar refractivity (Wildman–Crippen MR) is 162 cm³/mol. The summed E-state index contributed by atoms with van der Waals surface area (Å²) in [7, 11) is 0. The minimum atomic E-state index is -0.835. The third-order valence-corrected chi connectivity index (χ3v) is 10.7. The van der Waals surface area contributed by atoms with Gasteiger partial charge in [0.15, 0.2) is 10.9 Å². The summed E-state index contributed by atoms with van der Waals surface area (Å²) in [4.78, 5) is 23.7. The van der Waals surface area contributed by atoms with E-state index in [0.717, 1.165) is 79.1 Å². The molecule has 10 nitrogen and oxygen atoms in total. The molecule has 4 fully saturated rings. The van der Waals surface area contributed by atoms with Gasteiger partial charge in [0.25, 0.3) is 0 Å². The molecule has 4 atom stereocenters. The first-order valence-electron chi connectivity index (χ1n) is 15.0. The van der Waals surface area contributed by atoms with Crippen molar-refractivity contribution in [2.75, 3.05) is 43.4 Å². The number of hydrogen-bond donors (Lipinski definition) is 2. The van der Waals surface area contributed by atoms with E-state index in [1.807, 2.05) is 16.7 Å². The molecule has 0 saturated carbocycles. The Kier molecular flexibility index (Phi) is 5.64. The quantitative estimate of drug-likeness (QED) is 0.306. The summed E-state index contributed by atoms with van der Waals surface area (Å²) >= 11 is 1.13. The number of pyridine rings is 1. The van der Waals surface area contributed by atoms with Gasteiger partial charge in [-0.2, -0.15) is 9.97 Å². The number of alkyl halides is 1. The molecule has 0 aliphatic carbocycles. The lowest BCUT2D eigenvalue weighted by Gasteiger charge is -2.34. The first-order chi connectivity index (χ1) is 20.9. The maximum absolute atomic E-state index is 14.7. The monoisotopic (exact) mass is 603 g/mol. The number of anilines is 2. The summed E-state index contributed by atoms with van der Waals surface area (Å²) in [6.45, 7) is 3.37. The Labute approximate surface area is 249 Å². The fourth-order valence-electron chi connectivity index (χ4n) is 7.97. The summed E-state index contributed by atoms with van der Waals surface area (Å²) in [5.41, 5.74) is 9.92. The van der Waals surface area contributed by atoms with Crippen molar-refractivity contribution in [2.24, 2.45) is 0 Å². The van der Waals surface area contributed by atoms with Gasteiger partial charge in [-0.3, -0.25) is 9.30 Å². The number of ether oxygens (including phenoxy) is 1. The number of fused-ring (bicyclic) bond motifs is 7. The summed E-state index contributed by atoms with van der Waals surface area (Å²) < 4.78 is 38.0. The highest BCUT2D eigenvalue weighted by Crippen LogP contribution is 2.42. The topological polar surface area (TPSA) is 110 Å². The van der Waals surface area contributed by atoms with Crippen LogP contribution in [0.15, 0.2) is 30.6 Å². The normalized spacial score (nSPS) is 27.2. The zero-order valence-electron chi connectivity index (χ0n) is 23.5. The van der Waals surface area contributed by atoms with Crippen molar-refractivity contribution in [1.82, 2.24) is 34.6 Å².